The van der Waals surface area contributed by atoms with Gasteiger partial charge in [-0.05, 0) is 48.5 Å². The molecule has 11 rings (SSSR count). The second-order valence-electron chi connectivity index (χ2n) is 12.9. The fourth-order valence-electron chi connectivity index (χ4n) is 7.73. The van der Waals surface area contributed by atoms with Gasteiger partial charge in [0.05, 0.1) is 27.1 Å². The Morgan fingerprint density at radius 2 is 0.922 bits per heavy atom. The van der Waals surface area contributed by atoms with E-state index in [2.05, 4.69) is 156 Å². The van der Waals surface area contributed by atoms with Crippen LogP contribution in [0.3, 0.4) is 0 Å². The molecule has 51 heavy (non-hydrogen) atoms. The summed E-state index contributed by atoms with van der Waals surface area (Å²) >= 11 is 3.82. The summed E-state index contributed by atoms with van der Waals surface area (Å²) in [5, 5.41) is 8.00. The maximum Gasteiger partial charge on any atom is 0.160 e. The molecule has 0 amide bonds. The summed E-state index contributed by atoms with van der Waals surface area (Å²) in [7, 11) is 0. The van der Waals surface area contributed by atoms with Crippen molar-refractivity contribution < 1.29 is 0 Å². The van der Waals surface area contributed by atoms with Crippen molar-refractivity contribution in [3.8, 4) is 39.6 Å². The lowest BCUT2D eigenvalue weighted by Gasteiger charge is -2.12. The van der Waals surface area contributed by atoms with E-state index in [1.54, 1.807) is 0 Å². The summed E-state index contributed by atoms with van der Waals surface area (Å²) < 4.78 is 7.80. The summed E-state index contributed by atoms with van der Waals surface area (Å²) in [4.78, 5) is 10.2. The quantitative estimate of drug-likeness (QED) is 0.185. The second kappa shape index (κ2) is 11.2. The lowest BCUT2D eigenvalue weighted by molar-refractivity contribution is 1.17. The number of hydrogen-bond donors (Lipinski definition) is 0. The lowest BCUT2D eigenvalue weighted by Crippen LogP contribution is -1.97. The Balaban J connectivity index is 1.17. The Bertz CT molecular complexity index is 3060. The zero-order valence-corrected chi connectivity index (χ0v) is 28.9. The predicted octanol–water partition coefficient (Wildman–Crippen LogP) is 13.3. The van der Waals surface area contributed by atoms with Crippen LogP contribution in [0, 0.1) is 0 Å². The molecule has 11 aromatic rings. The SMILES string of the molecule is c1ccc(-c2cc(-c3ccccc3)nc(-c3ccc(-n4c5ccccc5c5c6sc7ccccc7c6c6c7ccccc7sc6c54)cc3)n2)cc1. The van der Waals surface area contributed by atoms with Crippen molar-refractivity contribution in [2.45, 2.75) is 0 Å². The standard InChI is InChI=1S/C46H27N3S2/c1-3-13-28(14-4-1)35-27-36(29-15-5-2-6-16-29)48-46(47-35)30-23-25-31(26-24-30)49-37-20-10-7-17-32(37)42-43(49)45-41(34-19-9-12-22-39(34)51-45)40-33-18-8-11-21-38(33)50-44(40)42/h1-27H. The number of benzene rings is 7. The molecule has 7 aromatic carbocycles. The smallest absolute Gasteiger partial charge is 0.160 e. The highest BCUT2D eigenvalue weighted by Gasteiger charge is 2.24. The molecule has 0 saturated heterocycles. The molecule has 0 aliphatic carbocycles. The van der Waals surface area contributed by atoms with Crippen LogP contribution >= 0.6 is 22.7 Å². The molecule has 4 aromatic heterocycles. The molecule has 0 aliphatic rings. The van der Waals surface area contributed by atoms with Gasteiger partial charge in [-0.3, -0.25) is 0 Å². The predicted molar refractivity (Wildman–Crippen MR) is 218 cm³/mol. The first-order valence-corrected chi connectivity index (χ1v) is 18.7. The van der Waals surface area contributed by atoms with Crippen LogP contribution in [0.4, 0.5) is 0 Å². The van der Waals surface area contributed by atoms with Gasteiger partial charge in [0.15, 0.2) is 5.82 Å². The van der Waals surface area contributed by atoms with Crippen molar-refractivity contribution >= 4 is 84.8 Å². The summed E-state index contributed by atoms with van der Waals surface area (Å²) in [6.45, 7) is 0. The molecule has 0 bridgehead atoms. The van der Waals surface area contributed by atoms with Gasteiger partial charge in [0.1, 0.15) is 0 Å². The zero-order valence-electron chi connectivity index (χ0n) is 27.2. The van der Waals surface area contributed by atoms with Gasteiger partial charge in [0, 0.05) is 68.8 Å². The number of para-hydroxylation sites is 1. The van der Waals surface area contributed by atoms with Gasteiger partial charge in [0.2, 0.25) is 0 Å². The van der Waals surface area contributed by atoms with Crippen LogP contribution in [-0.4, -0.2) is 14.5 Å². The van der Waals surface area contributed by atoms with Crippen LogP contribution in [0.1, 0.15) is 0 Å². The van der Waals surface area contributed by atoms with Gasteiger partial charge >= 0.3 is 0 Å². The molecule has 0 N–H and O–H groups in total. The van der Waals surface area contributed by atoms with E-state index in [0.29, 0.717) is 5.82 Å². The van der Waals surface area contributed by atoms with E-state index in [-0.39, 0.29) is 0 Å². The number of fused-ring (bicyclic) bond motifs is 12. The van der Waals surface area contributed by atoms with Crippen LogP contribution in [0.15, 0.2) is 164 Å². The van der Waals surface area contributed by atoms with Gasteiger partial charge < -0.3 is 4.57 Å². The van der Waals surface area contributed by atoms with Crippen molar-refractivity contribution in [3.05, 3.63) is 164 Å². The van der Waals surface area contributed by atoms with Crippen molar-refractivity contribution in [1.29, 1.82) is 0 Å². The van der Waals surface area contributed by atoms with Gasteiger partial charge in [-0.1, -0.05) is 115 Å². The van der Waals surface area contributed by atoms with E-state index in [0.717, 1.165) is 33.8 Å². The molecular formula is C46H27N3S2. The molecule has 238 valence electrons. The van der Waals surface area contributed by atoms with Crippen LogP contribution < -0.4 is 0 Å². The number of thiophene rings is 2. The van der Waals surface area contributed by atoms with Gasteiger partial charge in [-0.15, -0.1) is 22.7 Å². The first-order chi connectivity index (χ1) is 25.3. The molecule has 0 fully saturated rings. The Hall–Kier alpha value is -6.14. The van der Waals surface area contributed by atoms with E-state index in [1.807, 2.05) is 34.8 Å². The van der Waals surface area contributed by atoms with Crippen LogP contribution in [-0.2, 0) is 0 Å². The van der Waals surface area contributed by atoms with Gasteiger partial charge in [-0.2, -0.15) is 0 Å². The molecule has 0 spiro atoms. The number of hydrogen-bond acceptors (Lipinski definition) is 4. The zero-order chi connectivity index (χ0) is 33.5. The maximum atomic E-state index is 5.10. The lowest BCUT2D eigenvalue weighted by atomic mass is 10.0. The highest BCUT2D eigenvalue weighted by atomic mass is 32.1. The second-order valence-corrected chi connectivity index (χ2v) is 15.0. The third-order valence-electron chi connectivity index (χ3n) is 10.0. The monoisotopic (exact) mass is 685 g/mol. The third-order valence-corrected chi connectivity index (χ3v) is 12.4. The molecule has 3 nitrogen and oxygen atoms in total. The van der Waals surface area contributed by atoms with Crippen molar-refractivity contribution in [1.82, 2.24) is 14.5 Å². The molecule has 0 atom stereocenters. The van der Waals surface area contributed by atoms with E-state index < -0.39 is 0 Å². The van der Waals surface area contributed by atoms with Crippen molar-refractivity contribution in [2.24, 2.45) is 0 Å². The van der Waals surface area contributed by atoms with E-state index >= 15 is 0 Å². The molecule has 0 aliphatic heterocycles. The van der Waals surface area contributed by atoms with Gasteiger partial charge in [-0.25, -0.2) is 9.97 Å². The maximum absolute atomic E-state index is 5.10. The molecule has 5 heteroatoms. The van der Waals surface area contributed by atoms with Crippen molar-refractivity contribution in [2.75, 3.05) is 0 Å². The van der Waals surface area contributed by atoms with E-state index in [9.17, 15) is 0 Å². The summed E-state index contributed by atoms with van der Waals surface area (Å²) in [5.74, 6) is 0.711. The first kappa shape index (κ1) is 28.7. The highest BCUT2D eigenvalue weighted by Crippen LogP contribution is 2.52. The Kier molecular flexibility index (Phi) is 6.29. The Morgan fingerprint density at radius 1 is 0.412 bits per heavy atom. The van der Waals surface area contributed by atoms with Gasteiger partial charge in [0.25, 0.3) is 0 Å². The third kappa shape index (κ3) is 4.35. The highest BCUT2D eigenvalue weighted by molar-refractivity contribution is 7.29. The van der Waals surface area contributed by atoms with Crippen molar-refractivity contribution in [3.63, 3.8) is 0 Å². The number of nitrogens with zero attached hydrogens (tertiary/aromatic N) is 3. The topological polar surface area (TPSA) is 30.7 Å². The summed E-state index contributed by atoms with van der Waals surface area (Å²) in [5.41, 5.74) is 8.53. The van der Waals surface area contributed by atoms with E-state index in [4.69, 9.17) is 9.97 Å². The summed E-state index contributed by atoms with van der Waals surface area (Å²) in [6, 6.07) is 58.3. The minimum atomic E-state index is 0.711. The minimum absolute atomic E-state index is 0.711. The minimum Gasteiger partial charge on any atom is -0.308 e. The normalized spacial score (nSPS) is 11.9. The summed E-state index contributed by atoms with van der Waals surface area (Å²) in [6.07, 6.45) is 0. The fourth-order valence-corrected chi connectivity index (χ4v) is 10.3. The molecule has 0 radical (unpaired) electrons. The van der Waals surface area contributed by atoms with Crippen LogP contribution in [0.25, 0.3) is 102 Å². The number of rotatable bonds is 4. The van der Waals surface area contributed by atoms with E-state index in [1.165, 1.54) is 62.2 Å². The molecule has 0 unspecified atom stereocenters. The largest absolute Gasteiger partial charge is 0.308 e. The van der Waals surface area contributed by atoms with Crippen LogP contribution in [0.5, 0.6) is 0 Å². The fraction of sp³-hybridized carbons (Fsp3) is 0. The average Bonchev–Trinajstić information content (AvgIpc) is 3.88. The first-order valence-electron chi connectivity index (χ1n) is 17.1. The Labute approximate surface area is 301 Å². The molecule has 0 saturated carbocycles. The Morgan fingerprint density at radius 3 is 1.55 bits per heavy atom. The van der Waals surface area contributed by atoms with Crippen LogP contribution in [0.2, 0.25) is 0 Å². The average molecular weight is 686 g/mol. The molecular weight excluding hydrogens is 659 g/mol. The number of aromatic nitrogens is 3. The molecule has 4 heterocycles.